The Hall–Kier alpha value is -2.02. The van der Waals surface area contributed by atoms with Crippen LogP contribution in [0.2, 0.25) is 0 Å². The van der Waals surface area contributed by atoms with Gasteiger partial charge in [-0.3, -0.25) is 4.79 Å². The molecule has 0 bridgehead atoms. The van der Waals surface area contributed by atoms with E-state index < -0.39 is 41.3 Å². The van der Waals surface area contributed by atoms with Crippen LogP contribution in [0.4, 0.5) is 8.78 Å². The summed E-state index contributed by atoms with van der Waals surface area (Å²) in [5, 5.41) is 8.92. The lowest BCUT2D eigenvalue weighted by molar-refractivity contribution is -0.160. The van der Waals surface area contributed by atoms with Crippen LogP contribution < -0.4 is 0 Å². The molecule has 1 fully saturated rings. The van der Waals surface area contributed by atoms with Gasteiger partial charge in [0.1, 0.15) is 17.2 Å². The van der Waals surface area contributed by atoms with Gasteiger partial charge in [-0.25, -0.2) is 13.6 Å². The number of carbonyl (C=O) groups is 2. The first kappa shape index (κ1) is 14.4. The van der Waals surface area contributed by atoms with E-state index in [1.807, 2.05) is 0 Å². The Morgan fingerprint density at radius 1 is 1.30 bits per heavy atom. The summed E-state index contributed by atoms with van der Waals surface area (Å²) < 4.78 is 32.3. The lowest BCUT2D eigenvalue weighted by Crippen LogP contribution is -2.52. The van der Waals surface area contributed by atoms with Crippen molar-refractivity contribution in [2.24, 2.45) is 0 Å². The van der Waals surface area contributed by atoms with Gasteiger partial charge in [0.15, 0.2) is 6.10 Å². The van der Waals surface area contributed by atoms with E-state index in [1.54, 1.807) is 6.92 Å². The van der Waals surface area contributed by atoms with Crippen LogP contribution in [0, 0.1) is 11.6 Å². The largest absolute Gasteiger partial charge is 0.479 e. The second-order valence-corrected chi connectivity index (χ2v) is 4.58. The Bertz CT molecular complexity index is 529. The average molecular weight is 285 g/mol. The molecule has 0 aromatic heterocycles. The first-order chi connectivity index (χ1) is 9.40. The molecule has 108 valence electrons. The summed E-state index contributed by atoms with van der Waals surface area (Å²) in [5.41, 5.74) is -0.675. The van der Waals surface area contributed by atoms with Gasteiger partial charge < -0.3 is 14.7 Å². The van der Waals surface area contributed by atoms with Gasteiger partial charge in [0.25, 0.3) is 5.91 Å². The molecule has 1 aromatic carbocycles. The molecule has 0 aliphatic carbocycles. The Morgan fingerprint density at radius 2 is 1.90 bits per heavy atom. The molecule has 20 heavy (non-hydrogen) atoms. The highest BCUT2D eigenvalue weighted by Gasteiger charge is 2.34. The van der Waals surface area contributed by atoms with E-state index in [-0.39, 0.29) is 13.1 Å². The number of aliphatic carboxylic acids is 1. The number of hydrogen-bond acceptors (Lipinski definition) is 3. The van der Waals surface area contributed by atoms with Crippen LogP contribution in [0.5, 0.6) is 0 Å². The van der Waals surface area contributed by atoms with Crippen molar-refractivity contribution >= 4 is 11.9 Å². The van der Waals surface area contributed by atoms with Gasteiger partial charge in [-0.1, -0.05) is 6.07 Å². The van der Waals surface area contributed by atoms with Gasteiger partial charge in [-0.2, -0.15) is 0 Å². The van der Waals surface area contributed by atoms with Crippen LogP contribution in [-0.4, -0.2) is 47.2 Å². The molecular formula is C13H13F2NO4. The second kappa shape index (κ2) is 5.54. The third kappa shape index (κ3) is 2.77. The predicted molar refractivity (Wildman–Crippen MR) is 64.2 cm³/mol. The number of nitrogens with zero attached hydrogens (tertiary/aromatic N) is 1. The number of halogens is 2. The van der Waals surface area contributed by atoms with Gasteiger partial charge in [0.2, 0.25) is 0 Å². The summed E-state index contributed by atoms with van der Waals surface area (Å²) in [6.07, 6.45) is -1.72. The average Bonchev–Trinajstić information content (AvgIpc) is 2.37. The highest BCUT2D eigenvalue weighted by Crippen LogP contribution is 2.19. The fourth-order valence-corrected chi connectivity index (χ4v) is 2.11. The standard InChI is InChI=1S/C13H13F2NO4/c1-7-5-16(6-10(20-7)13(18)19)12(17)11-8(14)3-2-4-9(11)15/h2-4,7,10H,5-6H2,1H3,(H,18,19)/t7-,10?/m1/s1. The number of carboxylic acid groups (broad SMARTS) is 1. The third-order valence-corrected chi connectivity index (χ3v) is 3.00. The van der Waals surface area contributed by atoms with Crippen molar-refractivity contribution in [2.75, 3.05) is 13.1 Å². The van der Waals surface area contributed by atoms with Gasteiger partial charge in [-0.05, 0) is 19.1 Å². The molecular weight excluding hydrogens is 272 g/mol. The van der Waals surface area contributed by atoms with Gasteiger partial charge in [-0.15, -0.1) is 0 Å². The molecule has 1 N–H and O–H groups in total. The maximum absolute atomic E-state index is 13.6. The van der Waals surface area contributed by atoms with Crippen molar-refractivity contribution in [1.29, 1.82) is 0 Å². The zero-order valence-corrected chi connectivity index (χ0v) is 10.7. The number of amides is 1. The Kier molecular flexibility index (Phi) is 3.99. The predicted octanol–water partition coefficient (Wildman–Crippen LogP) is 1.28. The van der Waals surface area contributed by atoms with Crippen molar-refractivity contribution in [2.45, 2.75) is 19.1 Å². The minimum absolute atomic E-state index is 0.0797. The number of benzene rings is 1. The quantitative estimate of drug-likeness (QED) is 0.889. The van der Waals surface area contributed by atoms with Gasteiger partial charge in [0, 0.05) is 6.54 Å². The maximum atomic E-state index is 13.6. The lowest BCUT2D eigenvalue weighted by Gasteiger charge is -2.35. The van der Waals surface area contributed by atoms with Crippen molar-refractivity contribution in [3.63, 3.8) is 0 Å². The number of carboxylic acids is 1. The summed E-state index contributed by atoms with van der Waals surface area (Å²) >= 11 is 0. The summed E-state index contributed by atoms with van der Waals surface area (Å²) in [6.45, 7) is 1.43. The number of carbonyl (C=O) groups excluding carboxylic acids is 1. The van der Waals surface area contributed by atoms with Crippen LogP contribution in [0.15, 0.2) is 18.2 Å². The molecule has 7 heteroatoms. The van der Waals surface area contributed by atoms with Gasteiger partial charge in [0.05, 0.1) is 12.6 Å². The van der Waals surface area contributed by atoms with Crippen LogP contribution in [0.1, 0.15) is 17.3 Å². The fraction of sp³-hybridized carbons (Fsp3) is 0.385. The normalized spacial score (nSPS) is 22.6. The minimum atomic E-state index is -1.22. The first-order valence-corrected chi connectivity index (χ1v) is 6.01. The summed E-state index contributed by atoms with van der Waals surface area (Å²) in [7, 11) is 0. The molecule has 2 rings (SSSR count). The highest BCUT2D eigenvalue weighted by atomic mass is 19.1. The number of rotatable bonds is 2. The Labute approximate surface area is 113 Å². The topological polar surface area (TPSA) is 66.8 Å². The fourth-order valence-electron chi connectivity index (χ4n) is 2.11. The Morgan fingerprint density at radius 3 is 2.45 bits per heavy atom. The number of morpholine rings is 1. The molecule has 1 heterocycles. The zero-order chi connectivity index (χ0) is 14.9. The molecule has 1 saturated heterocycles. The lowest BCUT2D eigenvalue weighted by atomic mass is 10.1. The van der Waals surface area contributed by atoms with E-state index in [9.17, 15) is 18.4 Å². The van der Waals surface area contributed by atoms with E-state index in [4.69, 9.17) is 9.84 Å². The van der Waals surface area contributed by atoms with E-state index in [0.717, 1.165) is 23.1 Å². The second-order valence-electron chi connectivity index (χ2n) is 4.58. The van der Waals surface area contributed by atoms with Crippen molar-refractivity contribution in [1.82, 2.24) is 4.90 Å². The molecule has 0 radical (unpaired) electrons. The summed E-state index contributed by atoms with van der Waals surface area (Å²) in [5.74, 6) is -4.03. The maximum Gasteiger partial charge on any atom is 0.334 e. The van der Waals surface area contributed by atoms with Crippen LogP contribution in [0.3, 0.4) is 0 Å². The molecule has 1 unspecified atom stereocenters. The van der Waals surface area contributed by atoms with Gasteiger partial charge >= 0.3 is 5.97 Å². The molecule has 5 nitrogen and oxygen atoms in total. The van der Waals surface area contributed by atoms with Crippen LogP contribution in [0.25, 0.3) is 0 Å². The molecule has 2 atom stereocenters. The minimum Gasteiger partial charge on any atom is -0.479 e. The van der Waals surface area contributed by atoms with E-state index >= 15 is 0 Å². The van der Waals surface area contributed by atoms with E-state index in [2.05, 4.69) is 0 Å². The van der Waals surface area contributed by atoms with E-state index in [0.29, 0.717) is 0 Å². The molecule has 0 saturated carbocycles. The zero-order valence-electron chi connectivity index (χ0n) is 10.7. The Balaban J connectivity index is 2.26. The molecule has 1 aliphatic heterocycles. The highest BCUT2D eigenvalue weighted by molar-refractivity contribution is 5.95. The van der Waals surface area contributed by atoms with Crippen LogP contribution in [-0.2, 0) is 9.53 Å². The van der Waals surface area contributed by atoms with Crippen molar-refractivity contribution < 1.29 is 28.2 Å². The molecule has 1 amide bonds. The summed E-state index contributed by atoms with van der Waals surface area (Å²) in [6, 6.07) is 3.12. The number of ether oxygens (including phenoxy) is 1. The number of hydrogen-bond donors (Lipinski definition) is 1. The van der Waals surface area contributed by atoms with Crippen molar-refractivity contribution in [3.8, 4) is 0 Å². The molecule has 1 aromatic rings. The first-order valence-electron chi connectivity index (χ1n) is 6.01. The SMILES string of the molecule is C[C@@H]1CN(C(=O)c2c(F)cccc2F)CC(C(=O)O)O1. The van der Waals surface area contributed by atoms with Crippen molar-refractivity contribution in [3.05, 3.63) is 35.4 Å². The van der Waals surface area contributed by atoms with E-state index in [1.165, 1.54) is 0 Å². The molecule has 0 spiro atoms. The molecule has 1 aliphatic rings. The summed E-state index contributed by atoms with van der Waals surface area (Å²) in [4.78, 5) is 24.2. The smallest absolute Gasteiger partial charge is 0.334 e. The third-order valence-electron chi connectivity index (χ3n) is 3.00. The monoisotopic (exact) mass is 285 g/mol. The van der Waals surface area contributed by atoms with Crippen LogP contribution >= 0.6 is 0 Å².